The molecule has 1 aliphatic heterocycles. The summed E-state index contributed by atoms with van der Waals surface area (Å²) in [7, 11) is 1.58. The zero-order chi connectivity index (χ0) is 18.0. The maximum Gasteiger partial charge on any atom is 0.416 e. The van der Waals surface area contributed by atoms with E-state index in [9.17, 15) is 18.0 Å². The molecule has 0 saturated carbocycles. The van der Waals surface area contributed by atoms with E-state index in [4.69, 9.17) is 9.26 Å². The van der Waals surface area contributed by atoms with Gasteiger partial charge in [-0.3, -0.25) is 4.79 Å². The number of methoxy groups -OCH3 is 1. The minimum absolute atomic E-state index is 0.0205. The van der Waals surface area contributed by atoms with Gasteiger partial charge >= 0.3 is 6.18 Å². The highest BCUT2D eigenvalue weighted by Gasteiger charge is 2.33. The summed E-state index contributed by atoms with van der Waals surface area (Å²) < 4.78 is 48.3. The molecule has 0 bridgehead atoms. The Kier molecular flexibility index (Phi) is 4.80. The molecule has 1 aromatic carbocycles. The molecular formula is C17H17F3N2O3. The van der Waals surface area contributed by atoms with Crippen LogP contribution in [0.2, 0.25) is 0 Å². The minimum Gasteiger partial charge on any atom is -0.383 e. The van der Waals surface area contributed by atoms with Crippen molar-refractivity contribution in [2.75, 3.05) is 20.3 Å². The number of benzene rings is 1. The first-order valence-corrected chi connectivity index (χ1v) is 7.84. The van der Waals surface area contributed by atoms with Crippen LogP contribution >= 0.6 is 0 Å². The van der Waals surface area contributed by atoms with E-state index in [1.165, 1.54) is 18.3 Å². The van der Waals surface area contributed by atoms with Crippen molar-refractivity contribution in [1.29, 1.82) is 0 Å². The van der Waals surface area contributed by atoms with Gasteiger partial charge in [-0.1, -0.05) is 17.3 Å². The van der Waals surface area contributed by atoms with Crippen molar-refractivity contribution < 1.29 is 27.2 Å². The van der Waals surface area contributed by atoms with Crippen LogP contribution in [0.25, 0.3) is 11.3 Å². The molecule has 3 rings (SSSR count). The molecule has 0 unspecified atom stereocenters. The van der Waals surface area contributed by atoms with Crippen molar-refractivity contribution in [3.8, 4) is 11.3 Å². The Labute approximate surface area is 142 Å². The monoisotopic (exact) mass is 354 g/mol. The first kappa shape index (κ1) is 17.5. The van der Waals surface area contributed by atoms with Crippen molar-refractivity contribution in [3.05, 3.63) is 41.6 Å². The lowest BCUT2D eigenvalue weighted by Crippen LogP contribution is -2.38. The zero-order valence-electron chi connectivity index (χ0n) is 13.5. The van der Waals surface area contributed by atoms with Crippen LogP contribution in [-0.4, -0.2) is 42.3 Å². The lowest BCUT2D eigenvalue weighted by molar-refractivity contribution is -0.137. The van der Waals surface area contributed by atoms with E-state index in [0.717, 1.165) is 25.0 Å². The Bertz CT molecular complexity index is 740. The quantitative estimate of drug-likeness (QED) is 0.842. The van der Waals surface area contributed by atoms with E-state index in [1.54, 1.807) is 12.0 Å². The molecule has 25 heavy (non-hydrogen) atoms. The molecule has 5 nitrogen and oxygen atoms in total. The largest absolute Gasteiger partial charge is 0.416 e. The average molecular weight is 354 g/mol. The Morgan fingerprint density at radius 1 is 1.36 bits per heavy atom. The lowest BCUT2D eigenvalue weighted by atomic mass is 10.1. The summed E-state index contributed by atoms with van der Waals surface area (Å²) in [6, 6.07) is 4.44. The smallest absolute Gasteiger partial charge is 0.383 e. The Hall–Kier alpha value is -2.35. The number of ether oxygens (including phenoxy) is 1. The van der Waals surface area contributed by atoms with Gasteiger partial charge in [0.2, 0.25) is 0 Å². The molecule has 0 radical (unpaired) electrons. The molecule has 1 aromatic heterocycles. The number of alkyl halides is 3. The van der Waals surface area contributed by atoms with Crippen molar-refractivity contribution >= 4 is 5.91 Å². The number of likely N-dealkylation sites (tertiary alicyclic amines) is 1. The third kappa shape index (κ3) is 3.53. The number of amides is 1. The van der Waals surface area contributed by atoms with Crippen molar-refractivity contribution in [2.45, 2.75) is 25.1 Å². The van der Waals surface area contributed by atoms with E-state index in [0.29, 0.717) is 18.7 Å². The molecule has 2 aromatic rings. The molecule has 1 aliphatic rings. The van der Waals surface area contributed by atoms with Crippen LogP contribution in [0.3, 0.4) is 0 Å². The molecule has 1 fully saturated rings. The van der Waals surface area contributed by atoms with Gasteiger partial charge in [-0.2, -0.15) is 13.2 Å². The summed E-state index contributed by atoms with van der Waals surface area (Å²) in [4.78, 5) is 14.5. The van der Waals surface area contributed by atoms with Gasteiger partial charge in [0.1, 0.15) is 5.56 Å². The summed E-state index contributed by atoms with van der Waals surface area (Å²) in [5.74, 6) is -0.0857. The van der Waals surface area contributed by atoms with Crippen LogP contribution in [0.15, 0.2) is 35.0 Å². The second kappa shape index (κ2) is 6.87. The molecule has 134 valence electrons. The molecule has 1 saturated heterocycles. The molecule has 0 N–H and O–H groups in total. The van der Waals surface area contributed by atoms with Gasteiger partial charge in [-0.25, -0.2) is 0 Å². The number of aromatic nitrogens is 1. The molecule has 0 spiro atoms. The van der Waals surface area contributed by atoms with Gasteiger partial charge in [0.15, 0.2) is 5.76 Å². The first-order chi connectivity index (χ1) is 11.9. The number of hydrogen-bond donors (Lipinski definition) is 0. The standard InChI is InChI=1S/C17H17F3N2O3/c1-24-10-13-3-2-8-22(13)16(23)14-9-21-25-15(14)11-4-6-12(7-5-11)17(18,19)20/h4-7,9,13H,2-3,8,10H2,1H3/t13-/m0/s1. The Balaban J connectivity index is 1.86. The van der Waals surface area contributed by atoms with E-state index in [-0.39, 0.29) is 23.3 Å². The number of carbonyl (C=O) groups is 1. The third-order valence-electron chi connectivity index (χ3n) is 4.27. The maximum absolute atomic E-state index is 12.8. The van der Waals surface area contributed by atoms with Crippen LogP contribution in [0, 0.1) is 0 Å². The fourth-order valence-corrected chi connectivity index (χ4v) is 3.03. The van der Waals surface area contributed by atoms with Crippen LogP contribution in [0.4, 0.5) is 13.2 Å². The van der Waals surface area contributed by atoms with E-state index in [1.807, 2.05) is 0 Å². The van der Waals surface area contributed by atoms with Gasteiger partial charge in [0.25, 0.3) is 5.91 Å². The fraction of sp³-hybridized carbons (Fsp3) is 0.412. The van der Waals surface area contributed by atoms with Gasteiger partial charge < -0.3 is 14.2 Å². The van der Waals surface area contributed by atoms with Gasteiger partial charge in [-0.05, 0) is 25.0 Å². The summed E-state index contributed by atoms with van der Waals surface area (Å²) >= 11 is 0. The number of hydrogen-bond acceptors (Lipinski definition) is 4. The molecule has 0 aliphatic carbocycles. The van der Waals surface area contributed by atoms with E-state index in [2.05, 4.69) is 5.16 Å². The first-order valence-electron chi connectivity index (χ1n) is 7.84. The van der Waals surface area contributed by atoms with Gasteiger partial charge in [0.05, 0.1) is 24.4 Å². The second-order valence-electron chi connectivity index (χ2n) is 5.89. The summed E-state index contributed by atoms with van der Waals surface area (Å²) in [6.45, 7) is 1.04. The lowest BCUT2D eigenvalue weighted by Gasteiger charge is -2.23. The third-order valence-corrected chi connectivity index (χ3v) is 4.27. The van der Waals surface area contributed by atoms with Crippen LogP contribution < -0.4 is 0 Å². The molecule has 8 heteroatoms. The summed E-state index contributed by atoms with van der Waals surface area (Å²) in [5, 5.41) is 3.66. The highest BCUT2D eigenvalue weighted by Crippen LogP contribution is 2.32. The molecule has 1 amide bonds. The van der Waals surface area contributed by atoms with Gasteiger partial charge in [-0.15, -0.1) is 0 Å². The average Bonchev–Trinajstić information content (AvgIpc) is 3.23. The summed E-state index contributed by atoms with van der Waals surface area (Å²) in [6.07, 6.45) is -1.39. The Morgan fingerprint density at radius 2 is 2.08 bits per heavy atom. The van der Waals surface area contributed by atoms with Crippen LogP contribution in [0.5, 0.6) is 0 Å². The predicted octanol–water partition coefficient (Wildman–Crippen LogP) is 3.61. The fourth-order valence-electron chi connectivity index (χ4n) is 3.03. The number of rotatable bonds is 4. The SMILES string of the molecule is COC[C@@H]1CCCN1C(=O)c1cnoc1-c1ccc(C(F)(F)F)cc1. The predicted molar refractivity (Wildman–Crippen MR) is 82.9 cm³/mol. The Morgan fingerprint density at radius 3 is 2.72 bits per heavy atom. The second-order valence-corrected chi connectivity index (χ2v) is 5.89. The van der Waals surface area contributed by atoms with E-state index < -0.39 is 11.7 Å². The highest BCUT2D eigenvalue weighted by molar-refractivity contribution is 5.99. The van der Waals surface area contributed by atoms with Crippen LogP contribution in [-0.2, 0) is 10.9 Å². The number of carbonyl (C=O) groups excluding carboxylic acids is 1. The number of halogens is 3. The zero-order valence-corrected chi connectivity index (χ0v) is 13.5. The molecule has 2 heterocycles. The highest BCUT2D eigenvalue weighted by atomic mass is 19.4. The van der Waals surface area contributed by atoms with Crippen molar-refractivity contribution in [3.63, 3.8) is 0 Å². The minimum atomic E-state index is -4.42. The van der Waals surface area contributed by atoms with Crippen molar-refractivity contribution in [2.24, 2.45) is 0 Å². The normalized spacial score (nSPS) is 17.9. The molecule has 1 atom stereocenters. The number of nitrogens with zero attached hydrogens (tertiary/aromatic N) is 2. The summed E-state index contributed by atoms with van der Waals surface area (Å²) in [5.41, 5.74) is -0.151. The van der Waals surface area contributed by atoms with Crippen LogP contribution in [0.1, 0.15) is 28.8 Å². The topological polar surface area (TPSA) is 55.6 Å². The molecular weight excluding hydrogens is 337 g/mol. The van der Waals surface area contributed by atoms with E-state index >= 15 is 0 Å². The maximum atomic E-state index is 12.8. The van der Waals surface area contributed by atoms with Gasteiger partial charge in [0, 0.05) is 19.2 Å². The van der Waals surface area contributed by atoms with Crippen molar-refractivity contribution in [1.82, 2.24) is 10.1 Å².